The number of anilines is 5. The number of hydrogen-bond donors (Lipinski definition) is 3. The molecule has 10 nitrogen and oxygen atoms in total. The molecule has 3 N–H and O–H groups in total. The molecule has 0 spiro atoms. The molecule has 0 bridgehead atoms. The van der Waals surface area contributed by atoms with E-state index in [0.717, 1.165) is 0 Å². The summed E-state index contributed by atoms with van der Waals surface area (Å²) in [7, 11) is 0. The van der Waals surface area contributed by atoms with Crippen molar-refractivity contribution >= 4 is 45.9 Å². The molecule has 0 aliphatic carbocycles. The molecule has 4 rings (SSSR count). The lowest BCUT2D eigenvalue weighted by Crippen LogP contribution is -2.31. The number of nitrogens with one attached hydrogen (secondary N) is 3. The third kappa shape index (κ3) is 3.14. The Kier molecular flexibility index (Phi) is 4.11. The van der Waals surface area contributed by atoms with Gasteiger partial charge in [-0.15, -0.1) is 10.6 Å². The van der Waals surface area contributed by atoms with Crippen molar-refractivity contribution in [1.82, 2.24) is 15.7 Å². The summed E-state index contributed by atoms with van der Waals surface area (Å²) in [6, 6.07) is 12.7. The zero-order valence-corrected chi connectivity index (χ0v) is 14.3. The van der Waals surface area contributed by atoms with Crippen LogP contribution in [0.4, 0.5) is 34.3 Å². The van der Waals surface area contributed by atoms with Crippen LogP contribution in [0.25, 0.3) is 0 Å². The van der Waals surface area contributed by atoms with E-state index in [1.54, 1.807) is 24.3 Å². The van der Waals surface area contributed by atoms with Gasteiger partial charge in [0.15, 0.2) is 5.82 Å². The van der Waals surface area contributed by atoms with Crippen LogP contribution < -0.4 is 26.4 Å². The molecule has 11 heteroatoms. The van der Waals surface area contributed by atoms with Gasteiger partial charge in [0, 0.05) is 28.7 Å². The number of hydrazine groups is 2. The van der Waals surface area contributed by atoms with Gasteiger partial charge in [-0.3, -0.25) is 20.5 Å². The van der Waals surface area contributed by atoms with Crippen molar-refractivity contribution in [2.45, 2.75) is 0 Å². The number of hydrogen-bond acceptors (Lipinski definition) is 9. The van der Waals surface area contributed by atoms with E-state index in [2.05, 4.69) is 26.5 Å². The fourth-order valence-corrected chi connectivity index (χ4v) is 2.71. The Balaban J connectivity index is 1.68. The van der Waals surface area contributed by atoms with Gasteiger partial charge in [-0.2, -0.15) is 5.10 Å². The second-order valence-electron chi connectivity index (χ2n) is 5.55. The highest BCUT2D eigenvalue weighted by atomic mass is 35.5. The first-order valence-electron chi connectivity index (χ1n) is 7.69. The monoisotopic (exact) mass is 384 g/mol. The first-order chi connectivity index (χ1) is 13.0. The third-order valence-corrected chi connectivity index (χ3v) is 4.11. The minimum absolute atomic E-state index is 0.0496. The summed E-state index contributed by atoms with van der Waals surface area (Å²) in [6.45, 7) is 0. The lowest BCUT2D eigenvalue weighted by Gasteiger charge is -2.21. The Morgan fingerprint density at radius 3 is 2.44 bits per heavy atom. The molecule has 0 amide bonds. The predicted octanol–water partition coefficient (Wildman–Crippen LogP) is 2.84. The van der Waals surface area contributed by atoms with E-state index >= 15 is 0 Å². The van der Waals surface area contributed by atoms with E-state index < -0.39 is 10.8 Å². The Morgan fingerprint density at radius 2 is 1.78 bits per heavy atom. The summed E-state index contributed by atoms with van der Waals surface area (Å²) in [5, 5.41) is 35.8. The zero-order chi connectivity index (χ0) is 19.0. The molecule has 0 radical (unpaired) electrons. The number of nitro benzene ring substituents is 1. The molecule has 2 aromatic carbocycles. The van der Waals surface area contributed by atoms with Gasteiger partial charge in [-0.25, -0.2) is 0 Å². The number of rotatable bonds is 4. The van der Waals surface area contributed by atoms with Crippen LogP contribution in [0.3, 0.4) is 0 Å². The summed E-state index contributed by atoms with van der Waals surface area (Å²) >= 11 is 5.88. The van der Waals surface area contributed by atoms with Crippen LogP contribution in [-0.4, -0.2) is 15.1 Å². The Hall–Kier alpha value is -3.63. The molecular weight excluding hydrogens is 374 g/mol. The van der Waals surface area contributed by atoms with Gasteiger partial charge in [-0.05, 0) is 36.4 Å². The first-order valence-corrected chi connectivity index (χ1v) is 8.07. The quantitative estimate of drug-likeness (QED) is 0.458. The topological polar surface area (TPSA) is 131 Å². The number of halogens is 1. The number of aromatic nitrogens is 2. The number of fused-ring (bicyclic) bond motifs is 1. The van der Waals surface area contributed by atoms with Crippen molar-refractivity contribution in [3.05, 3.63) is 63.7 Å². The predicted molar refractivity (Wildman–Crippen MR) is 98.2 cm³/mol. The van der Waals surface area contributed by atoms with Crippen LogP contribution in [0, 0.1) is 10.1 Å². The van der Waals surface area contributed by atoms with Crippen molar-refractivity contribution in [1.29, 1.82) is 0 Å². The molecule has 0 saturated heterocycles. The fraction of sp³-hybridized carbons (Fsp3) is 0. The van der Waals surface area contributed by atoms with Crippen LogP contribution >= 0.6 is 11.6 Å². The summed E-state index contributed by atoms with van der Waals surface area (Å²) < 4.78 is 0. The van der Waals surface area contributed by atoms with Crippen molar-refractivity contribution in [2.75, 3.05) is 15.8 Å². The van der Waals surface area contributed by atoms with Crippen LogP contribution in [0.15, 0.2) is 48.5 Å². The minimum Gasteiger partial charge on any atom is -0.856 e. The van der Waals surface area contributed by atoms with E-state index in [-0.39, 0.29) is 11.4 Å². The second-order valence-corrected chi connectivity index (χ2v) is 5.99. The highest BCUT2D eigenvalue weighted by molar-refractivity contribution is 6.30. The average Bonchev–Trinajstić information content (AvgIpc) is 3.12. The molecule has 1 aromatic heterocycles. The number of nitrogens with zero attached hydrogens (tertiary/aromatic N) is 4. The van der Waals surface area contributed by atoms with E-state index in [1.165, 1.54) is 29.3 Å². The molecule has 1 aliphatic rings. The Labute approximate surface area is 157 Å². The van der Waals surface area contributed by atoms with Gasteiger partial charge in [0.1, 0.15) is 11.4 Å². The summed E-state index contributed by atoms with van der Waals surface area (Å²) in [5.41, 5.74) is 7.52. The molecule has 3 aromatic rings. The maximum absolute atomic E-state index is 12.3. The summed E-state index contributed by atoms with van der Waals surface area (Å²) in [5.74, 6) is -0.216. The smallest absolute Gasteiger partial charge is 0.269 e. The van der Waals surface area contributed by atoms with Gasteiger partial charge in [-0.1, -0.05) is 11.6 Å². The van der Waals surface area contributed by atoms with Gasteiger partial charge < -0.3 is 10.4 Å². The molecule has 0 fully saturated rings. The normalized spacial score (nSPS) is 12.4. The number of nitro groups is 1. The summed E-state index contributed by atoms with van der Waals surface area (Å²) in [6.07, 6.45) is 0. The molecule has 0 unspecified atom stereocenters. The molecular formula is C16H11ClN7O3-. The number of non-ortho nitro benzene ring substituents is 1. The van der Waals surface area contributed by atoms with Crippen LogP contribution in [0.2, 0.25) is 5.02 Å². The molecule has 136 valence electrons. The van der Waals surface area contributed by atoms with Crippen molar-refractivity contribution < 1.29 is 10.0 Å². The van der Waals surface area contributed by atoms with E-state index in [0.29, 0.717) is 27.9 Å². The van der Waals surface area contributed by atoms with E-state index in [1.807, 2.05) is 0 Å². The number of benzene rings is 2. The lowest BCUT2D eigenvalue weighted by atomic mass is 10.2. The van der Waals surface area contributed by atoms with E-state index in [9.17, 15) is 15.2 Å². The standard InChI is InChI=1S/C16H12ClN7O3/c17-9-1-3-10(4-2-9)18-15-13-14(16(25)21-20-15)23(22-19-13)11-5-7-12(8-6-11)24(26)27/h1-8,19,22H,(H,18,20)(H,21,25)/p-1. The zero-order valence-electron chi connectivity index (χ0n) is 13.5. The summed E-state index contributed by atoms with van der Waals surface area (Å²) in [4.78, 5) is 10.3. The van der Waals surface area contributed by atoms with Crippen LogP contribution in [-0.2, 0) is 0 Å². The molecule has 2 heterocycles. The van der Waals surface area contributed by atoms with E-state index in [4.69, 9.17) is 11.6 Å². The lowest BCUT2D eigenvalue weighted by molar-refractivity contribution is -0.384. The van der Waals surface area contributed by atoms with Crippen molar-refractivity contribution in [2.24, 2.45) is 0 Å². The largest absolute Gasteiger partial charge is 0.856 e. The fourth-order valence-electron chi connectivity index (χ4n) is 2.58. The Bertz CT molecular complexity index is 1010. The highest BCUT2D eigenvalue weighted by Gasteiger charge is 2.26. The maximum Gasteiger partial charge on any atom is 0.269 e. The average molecular weight is 385 g/mol. The maximum atomic E-state index is 12.3. The third-order valence-electron chi connectivity index (χ3n) is 3.86. The molecule has 1 aliphatic heterocycles. The van der Waals surface area contributed by atoms with Gasteiger partial charge >= 0.3 is 0 Å². The van der Waals surface area contributed by atoms with Gasteiger partial charge in [0.2, 0.25) is 0 Å². The van der Waals surface area contributed by atoms with Crippen LogP contribution in [0.5, 0.6) is 5.88 Å². The second kappa shape index (κ2) is 6.59. The van der Waals surface area contributed by atoms with Crippen molar-refractivity contribution in [3.8, 4) is 5.88 Å². The van der Waals surface area contributed by atoms with Gasteiger partial charge in [0.05, 0.1) is 10.6 Å². The highest BCUT2D eigenvalue weighted by Crippen LogP contribution is 2.43. The molecule has 0 saturated carbocycles. The van der Waals surface area contributed by atoms with Gasteiger partial charge in [0.25, 0.3) is 5.69 Å². The Morgan fingerprint density at radius 1 is 1.07 bits per heavy atom. The SMILES string of the molecule is O=[N+]([O-])c1ccc(N2NNc3c(Nc4ccc(Cl)cc4)nnc([O-])c32)cc1. The molecule has 0 atom stereocenters. The van der Waals surface area contributed by atoms with Crippen LogP contribution in [0.1, 0.15) is 0 Å². The van der Waals surface area contributed by atoms with Crippen molar-refractivity contribution in [3.63, 3.8) is 0 Å². The molecule has 27 heavy (non-hydrogen) atoms. The minimum atomic E-state index is -0.553. The first kappa shape index (κ1) is 16.8.